The van der Waals surface area contributed by atoms with Gasteiger partial charge in [-0.25, -0.2) is 4.98 Å². The van der Waals surface area contributed by atoms with Crippen molar-refractivity contribution in [3.8, 4) is 0 Å². The Labute approximate surface area is 95.4 Å². The monoisotopic (exact) mass is 222 g/mol. The Hall–Kier alpha value is -0.890. The van der Waals surface area contributed by atoms with Gasteiger partial charge in [0.2, 0.25) is 0 Å². The van der Waals surface area contributed by atoms with Crippen LogP contribution in [-0.4, -0.2) is 17.2 Å². The lowest BCUT2D eigenvalue weighted by molar-refractivity contribution is 0.444. The Morgan fingerprint density at radius 1 is 1.33 bits per heavy atom. The number of hydrogen-bond donors (Lipinski definition) is 0. The van der Waals surface area contributed by atoms with E-state index in [2.05, 4.69) is 9.98 Å². The van der Waals surface area contributed by atoms with Gasteiger partial charge in [0.1, 0.15) is 5.15 Å². The van der Waals surface area contributed by atoms with E-state index in [0.717, 1.165) is 5.56 Å². The van der Waals surface area contributed by atoms with Crippen LogP contribution in [0.15, 0.2) is 23.3 Å². The predicted octanol–water partition coefficient (Wildman–Crippen LogP) is 3.49. The third kappa shape index (κ3) is 3.31. The molecule has 15 heavy (non-hydrogen) atoms. The van der Waals surface area contributed by atoms with Crippen LogP contribution in [-0.2, 0) is 0 Å². The quantitative estimate of drug-likeness (QED) is 0.556. The molecule has 1 heterocycles. The average Bonchev–Trinajstić information content (AvgIpc) is 2.28. The van der Waals surface area contributed by atoms with Crippen LogP contribution in [0.4, 0.5) is 0 Å². The number of rotatable bonds is 2. The molecule has 0 atom stereocenters. The van der Waals surface area contributed by atoms with Crippen molar-refractivity contribution in [2.45, 2.75) is 38.1 Å². The molecular weight excluding hydrogens is 208 g/mol. The lowest BCUT2D eigenvalue weighted by Crippen LogP contribution is -2.09. The van der Waals surface area contributed by atoms with Crippen molar-refractivity contribution in [1.82, 2.24) is 4.98 Å². The van der Waals surface area contributed by atoms with Crippen molar-refractivity contribution in [2.24, 2.45) is 4.99 Å². The third-order valence-electron chi connectivity index (χ3n) is 2.76. The smallest absolute Gasteiger partial charge is 0.129 e. The maximum Gasteiger partial charge on any atom is 0.129 e. The topological polar surface area (TPSA) is 25.2 Å². The summed E-state index contributed by atoms with van der Waals surface area (Å²) < 4.78 is 0. The highest BCUT2D eigenvalue weighted by atomic mass is 35.5. The van der Waals surface area contributed by atoms with E-state index >= 15 is 0 Å². The third-order valence-corrected chi connectivity index (χ3v) is 2.97. The first-order valence-electron chi connectivity index (χ1n) is 5.49. The molecule has 1 saturated carbocycles. The highest BCUT2D eigenvalue weighted by Gasteiger charge is 2.10. The fourth-order valence-electron chi connectivity index (χ4n) is 1.92. The highest BCUT2D eigenvalue weighted by molar-refractivity contribution is 6.29. The summed E-state index contributed by atoms with van der Waals surface area (Å²) in [7, 11) is 0. The van der Waals surface area contributed by atoms with E-state index in [0.29, 0.717) is 11.2 Å². The Morgan fingerprint density at radius 3 is 2.87 bits per heavy atom. The Morgan fingerprint density at radius 2 is 2.13 bits per heavy atom. The van der Waals surface area contributed by atoms with Crippen LogP contribution >= 0.6 is 11.6 Å². The van der Waals surface area contributed by atoms with Crippen LogP contribution < -0.4 is 0 Å². The van der Waals surface area contributed by atoms with E-state index in [4.69, 9.17) is 11.6 Å². The summed E-state index contributed by atoms with van der Waals surface area (Å²) in [6, 6.07) is 4.29. The molecule has 0 spiro atoms. The second kappa shape index (κ2) is 5.26. The Kier molecular flexibility index (Phi) is 3.73. The molecule has 1 fully saturated rings. The van der Waals surface area contributed by atoms with Crippen molar-refractivity contribution in [3.63, 3.8) is 0 Å². The number of pyridine rings is 1. The van der Waals surface area contributed by atoms with Crippen molar-refractivity contribution >= 4 is 17.8 Å². The molecule has 0 aliphatic heterocycles. The van der Waals surface area contributed by atoms with Gasteiger partial charge < -0.3 is 0 Å². The molecule has 1 aliphatic rings. The molecule has 1 aromatic rings. The molecule has 0 aromatic carbocycles. The van der Waals surface area contributed by atoms with Gasteiger partial charge in [0.25, 0.3) is 0 Å². The lowest BCUT2D eigenvalue weighted by atomic mass is 9.96. The van der Waals surface area contributed by atoms with E-state index < -0.39 is 0 Å². The van der Waals surface area contributed by atoms with Crippen LogP contribution in [0.5, 0.6) is 0 Å². The van der Waals surface area contributed by atoms with Gasteiger partial charge in [-0.05, 0) is 30.5 Å². The van der Waals surface area contributed by atoms with Crippen molar-refractivity contribution in [3.05, 3.63) is 29.0 Å². The van der Waals surface area contributed by atoms with E-state index in [1.54, 1.807) is 6.20 Å². The molecule has 0 N–H and O–H groups in total. The van der Waals surface area contributed by atoms with Crippen molar-refractivity contribution in [1.29, 1.82) is 0 Å². The van der Waals surface area contributed by atoms with Gasteiger partial charge in [0, 0.05) is 18.5 Å². The van der Waals surface area contributed by atoms with Gasteiger partial charge in [0.15, 0.2) is 0 Å². The zero-order chi connectivity index (χ0) is 10.5. The summed E-state index contributed by atoms with van der Waals surface area (Å²) in [4.78, 5) is 8.52. The van der Waals surface area contributed by atoms with Crippen molar-refractivity contribution < 1.29 is 0 Å². The molecule has 0 amide bonds. The molecule has 2 rings (SSSR count). The van der Waals surface area contributed by atoms with Crippen LogP contribution in [0, 0.1) is 0 Å². The SMILES string of the molecule is Clc1cc(C=NC2CCCCC2)ccn1. The van der Waals surface area contributed by atoms with Crippen LogP contribution in [0.1, 0.15) is 37.7 Å². The maximum absolute atomic E-state index is 5.79. The Balaban J connectivity index is 1.97. The minimum Gasteiger partial charge on any atom is -0.289 e. The van der Waals surface area contributed by atoms with Gasteiger partial charge in [-0.3, -0.25) is 4.99 Å². The average molecular weight is 223 g/mol. The van der Waals surface area contributed by atoms with Crippen LogP contribution in [0.3, 0.4) is 0 Å². The maximum atomic E-state index is 5.79. The first kappa shape index (κ1) is 10.6. The second-order valence-corrected chi connectivity index (χ2v) is 4.37. The van der Waals surface area contributed by atoms with Gasteiger partial charge in [0.05, 0.1) is 0 Å². The van der Waals surface area contributed by atoms with Crippen molar-refractivity contribution in [2.75, 3.05) is 0 Å². The number of aromatic nitrogens is 1. The summed E-state index contributed by atoms with van der Waals surface area (Å²) in [6.45, 7) is 0. The zero-order valence-electron chi connectivity index (χ0n) is 8.69. The zero-order valence-corrected chi connectivity index (χ0v) is 9.45. The molecule has 0 saturated heterocycles. The predicted molar refractivity (Wildman–Crippen MR) is 63.7 cm³/mol. The molecule has 0 bridgehead atoms. The summed E-state index contributed by atoms with van der Waals surface area (Å²) in [6.07, 6.45) is 10.1. The fourth-order valence-corrected chi connectivity index (χ4v) is 2.10. The van der Waals surface area contributed by atoms with Gasteiger partial charge >= 0.3 is 0 Å². The molecular formula is C12H15ClN2. The minimum atomic E-state index is 0.519. The molecule has 2 nitrogen and oxygen atoms in total. The molecule has 0 radical (unpaired) electrons. The largest absolute Gasteiger partial charge is 0.289 e. The standard InChI is InChI=1S/C12H15ClN2/c13-12-8-10(6-7-14-12)9-15-11-4-2-1-3-5-11/h6-9,11H,1-5H2. The molecule has 80 valence electrons. The lowest BCUT2D eigenvalue weighted by Gasteiger charge is -2.16. The summed E-state index contributed by atoms with van der Waals surface area (Å²) in [5, 5.41) is 0.530. The molecule has 0 unspecified atom stereocenters. The first-order valence-corrected chi connectivity index (χ1v) is 5.87. The summed E-state index contributed by atoms with van der Waals surface area (Å²) >= 11 is 5.79. The van der Waals surface area contributed by atoms with Gasteiger partial charge in [-0.1, -0.05) is 30.9 Å². The minimum absolute atomic E-state index is 0.519. The van der Waals surface area contributed by atoms with E-state index in [1.165, 1.54) is 32.1 Å². The normalized spacial score (nSPS) is 18.5. The van der Waals surface area contributed by atoms with Crippen LogP contribution in [0.2, 0.25) is 5.15 Å². The number of aliphatic imine (C=N–C) groups is 1. The van der Waals surface area contributed by atoms with Gasteiger partial charge in [-0.2, -0.15) is 0 Å². The second-order valence-electron chi connectivity index (χ2n) is 3.98. The van der Waals surface area contributed by atoms with E-state index in [9.17, 15) is 0 Å². The van der Waals surface area contributed by atoms with Crippen LogP contribution in [0.25, 0.3) is 0 Å². The van der Waals surface area contributed by atoms with E-state index in [1.807, 2.05) is 18.3 Å². The Bertz CT molecular complexity index is 343. The molecule has 3 heteroatoms. The number of hydrogen-bond acceptors (Lipinski definition) is 2. The molecule has 1 aliphatic carbocycles. The molecule has 1 aromatic heterocycles. The summed E-state index contributed by atoms with van der Waals surface area (Å²) in [5.41, 5.74) is 1.04. The van der Waals surface area contributed by atoms with E-state index in [-0.39, 0.29) is 0 Å². The fraction of sp³-hybridized carbons (Fsp3) is 0.500. The number of halogens is 1. The number of nitrogens with zero attached hydrogens (tertiary/aromatic N) is 2. The highest BCUT2D eigenvalue weighted by Crippen LogP contribution is 2.20. The summed E-state index contributed by atoms with van der Waals surface area (Å²) in [5.74, 6) is 0. The van der Waals surface area contributed by atoms with Gasteiger partial charge in [-0.15, -0.1) is 0 Å². The first-order chi connectivity index (χ1) is 7.34.